The molecule has 1 atom stereocenters. The number of anilines is 1. The van der Waals surface area contributed by atoms with Crippen molar-refractivity contribution in [3.63, 3.8) is 0 Å². The minimum Gasteiger partial charge on any atom is -0.324 e. The lowest BCUT2D eigenvalue weighted by atomic mass is 9.87. The van der Waals surface area contributed by atoms with E-state index in [1.54, 1.807) is 30.0 Å². The van der Waals surface area contributed by atoms with Crippen molar-refractivity contribution in [2.75, 3.05) is 17.3 Å². The Hall–Kier alpha value is -1.92. The van der Waals surface area contributed by atoms with E-state index in [2.05, 4.69) is 32.6 Å². The Morgan fingerprint density at radius 2 is 2.07 bits per heavy atom. The van der Waals surface area contributed by atoms with Gasteiger partial charge in [-0.3, -0.25) is 9.59 Å². The number of hydrogen-bond donors (Lipinski definition) is 2. The Morgan fingerprint density at radius 1 is 1.33 bits per heavy atom. The Kier molecular flexibility index (Phi) is 7.89. The number of nitriles is 1. The highest BCUT2D eigenvalue weighted by Crippen LogP contribution is 2.36. The number of carbonyl (C=O) groups excluding carboxylic acids is 2. The number of hydrogen-bond acceptors (Lipinski definition) is 5. The smallest absolute Gasteiger partial charge is 0.234 e. The highest BCUT2D eigenvalue weighted by Gasteiger charge is 2.29. The fraction of sp³-hybridized carbons (Fsp3) is 0.190. The summed E-state index contributed by atoms with van der Waals surface area (Å²) in [6, 6.07) is 15.2. The molecule has 0 aliphatic carbocycles. The number of nitrogens with one attached hydrogen (secondary N) is 2. The summed E-state index contributed by atoms with van der Waals surface area (Å²) in [5.41, 5.74) is 1.87. The zero-order valence-corrected chi connectivity index (χ0v) is 19.8. The highest BCUT2D eigenvalue weighted by molar-refractivity contribution is 9.10. The lowest BCUT2D eigenvalue weighted by molar-refractivity contribution is -0.121. The number of thioether (sulfide) groups is 2. The largest absolute Gasteiger partial charge is 0.324 e. The standard InChI is InChI=1S/C21H17BrClN3O2S2/c1-29-14-5-2-12(3-6-14)15-9-19(27)26-21(16(15)10-24)30-11-20(28)25-18-7-4-13(22)8-17(18)23/h2-8,15H,9,11H2,1H3,(H,25,28)(H,26,27)/t15-/m0/s1. The molecule has 154 valence electrons. The molecule has 0 aromatic heterocycles. The molecular formula is C21H17BrClN3O2S2. The van der Waals surface area contributed by atoms with Crippen molar-refractivity contribution in [2.45, 2.75) is 17.2 Å². The van der Waals surface area contributed by atoms with E-state index in [0.717, 1.165) is 26.7 Å². The number of amides is 2. The van der Waals surface area contributed by atoms with E-state index in [-0.39, 0.29) is 29.9 Å². The second kappa shape index (κ2) is 10.4. The van der Waals surface area contributed by atoms with Crippen molar-refractivity contribution in [3.05, 3.63) is 68.1 Å². The van der Waals surface area contributed by atoms with Crippen LogP contribution < -0.4 is 10.6 Å². The first-order valence-corrected chi connectivity index (χ1v) is 12.2. The molecule has 2 N–H and O–H groups in total. The van der Waals surface area contributed by atoms with Crippen LogP contribution in [0.25, 0.3) is 0 Å². The van der Waals surface area contributed by atoms with Crippen molar-refractivity contribution >= 4 is 68.6 Å². The van der Waals surface area contributed by atoms with E-state index in [1.807, 2.05) is 30.5 Å². The van der Waals surface area contributed by atoms with Crippen LogP contribution in [-0.2, 0) is 9.59 Å². The molecule has 0 fully saturated rings. The Morgan fingerprint density at radius 3 is 2.70 bits per heavy atom. The Bertz CT molecular complexity index is 1050. The van der Waals surface area contributed by atoms with Gasteiger partial charge >= 0.3 is 0 Å². The van der Waals surface area contributed by atoms with Gasteiger partial charge in [0.1, 0.15) is 0 Å². The van der Waals surface area contributed by atoms with E-state index in [9.17, 15) is 14.9 Å². The lowest BCUT2D eigenvalue weighted by Gasteiger charge is -2.25. The van der Waals surface area contributed by atoms with Crippen LogP contribution in [0.1, 0.15) is 17.9 Å². The SMILES string of the molecule is CSc1ccc([C@@H]2CC(=O)NC(SCC(=O)Nc3ccc(Br)cc3Cl)=C2C#N)cc1. The maximum atomic E-state index is 12.4. The molecule has 0 spiro atoms. The maximum absolute atomic E-state index is 12.4. The second-order valence-corrected chi connectivity index (χ2v) is 9.58. The van der Waals surface area contributed by atoms with Crippen LogP contribution in [0.5, 0.6) is 0 Å². The molecule has 9 heteroatoms. The van der Waals surface area contributed by atoms with Gasteiger partial charge in [0.15, 0.2) is 0 Å². The summed E-state index contributed by atoms with van der Waals surface area (Å²) in [5, 5.41) is 16.1. The van der Waals surface area contributed by atoms with Gasteiger partial charge in [0, 0.05) is 21.7 Å². The van der Waals surface area contributed by atoms with Gasteiger partial charge in [0.2, 0.25) is 11.8 Å². The molecule has 0 bridgehead atoms. The maximum Gasteiger partial charge on any atom is 0.234 e. The number of allylic oxidation sites excluding steroid dienone is 1. The molecule has 5 nitrogen and oxygen atoms in total. The van der Waals surface area contributed by atoms with Crippen LogP contribution in [0.15, 0.2) is 62.4 Å². The Balaban J connectivity index is 1.75. The van der Waals surface area contributed by atoms with Gasteiger partial charge in [-0.1, -0.05) is 51.4 Å². The summed E-state index contributed by atoms with van der Waals surface area (Å²) in [4.78, 5) is 25.7. The quantitative estimate of drug-likeness (QED) is 0.487. The molecule has 0 radical (unpaired) electrons. The van der Waals surface area contributed by atoms with Crippen LogP contribution in [0.3, 0.4) is 0 Å². The molecule has 1 aliphatic heterocycles. The molecular weight excluding hydrogens is 506 g/mol. The van der Waals surface area contributed by atoms with Crippen molar-refractivity contribution < 1.29 is 9.59 Å². The van der Waals surface area contributed by atoms with Gasteiger partial charge in [-0.05, 0) is 42.2 Å². The fourth-order valence-corrected chi connectivity index (χ4v) is 4.97. The predicted octanol–water partition coefficient (Wildman–Crippen LogP) is 5.53. The van der Waals surface area contributed by atoms with Crippen LogP contribution in [0.4, 0.5) is 5.69 Å². The average molecular weight is 523 g/mol. The summed E-state index contributed by atoms with van der Waals surface area (Å²) < 4.78 is 0.810. The summed E-state index contributed by atoms with van der Waals surface area (Å²) in [6.07, 6.45) is 2.19. The summed E-state index contributed by atoms with van der Waals surface area (Å²) in [7, 11) is 0. The third kappa shape index (κ3) is 5.61. The number of benzene rings is 2. The first-order chi connectivity index (χ1) is 14.4. The normalized spacial score (nSPS) is 16.1. The van der Waals surface area contributed by atoms with Crippen LogP contribution in [0, 0.1) is 11.3 Å². The van der Waals surface area contributed by atoms with Gasteiger partial charge in [-0.25, -0.2) is 0 Å². The van der Waals surface area contributed by atoms with Crippen molar-refractivity contribution in [1.82, 2.24) is 5.32 Å². The number of nitrogens with zero attached hydrogens (tertiary/aromatic N) is 1. The minimum absolute atomic E-state index is 0.0331. The third-order valence-corrected chi connectivity index (χ3v) is 6.99. The molecule has 3 rings (SSSR count). The predicted molar refractivity (Wildman–Crippen MR) is 127 cm³/mol. The van der Waals surface area contributed by atoms with Crippen LogP contribution in [0.2, 0.25) is 5.02 Å². The second-order valence-electron chi connectivity index (χ2n) is 6.39. The zero-order valence-electron chi connectivity index (χ0n) is 15.9. The fourth-order valence-electron chi connectivity index (χ4n) is 2.97. The summed E-state index contributed by atoms with van der Waals surface area (Å²) >= 11 is 12.2. The Labute approximate surface area is 196 Å². The number of rotatable bonds is 6. The van der Waals surface area contributed by atoms with E-state index < -0.39 is 0 Å². The van der Waals surface area contributed by atoms with Gasteiger partial charge in [0.05, 0.1) is 33.1 Å². The van der Waals surface area contributed by atoms with Gasteiger partial charge in [0.25, 0.3) is 0 Å². The summed E-state index contributed by atoms with van der Waals surface area (Å²) in [6.45, 7) is 0. The molecule has 0 saturated heterocycles. The van der Waals surface area contributed by atoms with E-state index >= 15 is 0 Å². The number of halogens is 2. The van der Waals surface area contributed by atoms with Crippen molar-refractivity contribution in [2.24, 2.45) is 0 Å². The minimum atomic E-state index is -0.328. The van der Waals surface area contributed by atoms with Crippen LogP contribution in [-0.4, -0.2) is 23.8 Å². The molecule has 0 unspecified atom stereocenters. The van der Waals surface area contributed by atoms with Crippen molar-refractivity contribution in [1.29, 1.82) is 5.26 Å². The molecule has 1 aliphatic rings. The van der Waals surface area contributed by atoms with Crippen molar-refractivity contribution in [3.8, 4) is 6.07 Å². The van der Waals surface area contributed by atoms with E-state index in [0.29, 0.717) is 21.3 Å². The lowest BCUT2D eigenvalue weighted by Crippen LogP contribution is -2.31. The highest BCUT2D eigenvalue weighted by atomic mass is 79.9. The molecule has 2 amide bonds. The molecule has 2 aromatic rings. The first kappa shape index (κ1) is 22.8. The third-order valence-electron chi connectivity index (χ3n) is 4.43. The van der Waals surface area contributed by atoms with Crippen LogP contribution >= 0.6 is 51.1 Å². The average Bonchev–Trinajstić information content (AvgIpc) is 2.74. The molecule has 2 aromatic carbocycles. The zero-order chi connectivity index (χ0) is 21.7. The molecule has 30 heavy (non-hydrogen) atoms. The van der Waals surface area contributed by atoms with Gasteiger partial charge < -0.3 is 10.6 Å². The van der Waals surface area contributed by atoms with E-state index in [4.69, 9.17) is 11.6 Å². The monoisotopic (exact) mass is 521 g/mol. The van der Waals surface area contributed by atoms with Gasteiger partial charge in [-0.2, -0.15) is 5.26 Å². The summed E-state index contributed by atoms with van der Waals surface area (Å²) in [5.74, 6) is -0.752. The molecule has 1 heterocycles. The topological polar surface area (TPSA) is 82.0 Å². The van der Waals surface area contributed by atoms with E-state index in [1.165, 1.54) is 0 Å². The molecule has 0 saturated carbocycles. The first-order valence-electron chi connectivity index (χ1n) is 8.87. The number of carbonyl (C=O) groups is 2. The van der Waals surface area contributed by atoms with Gasteiger partial charge in [-0.15, -0.1) is 11.8 Å².